The Morgan fingerprint density at radius 2 is 2.06 bits per heavy atom. The molecule has 3 nitrogen and oxygen atoms in total. The lowest BCUT2D eigenvalue weighted by Crippen LogP contribution is -2.04. The highest BCUT2D eigenvalue weighted by molar-refractivity contribution is 7.98. The van der Waals surface area contributed by atoms with Gasteiger partial charge in [0.15, 0.2) is 0 Å². The number of anilines is 1. The van der Waals surface area contributed by atoms with Crippen LogP contribution in [0.15, 0.2) is 41.6 Å². The fraction of sp³-hybridized carbons (Fsp3) is 0.308. The first-order chi connectivity index (χ1) is 8.28. The number of nitrogens with one attached hydrogen (secondary N) is 1. The van der Waals surface area contributed by atoms with Crippen molar-refractivity contribution >= 4 is 17.4 Å². The number of hydrogen-bond donors (Lipinski definition) is 1. The Morgan fingerprint density at radius 1 is 1.29 bits per heavy atom. The van der Waals surface area contributed by atoms with Crippen LogP contribution >= 0.6 is 11.8 Å². The van der Waals surface area contributed by atoms with Crippen molar-refractivity contribution in [2.45, 2.75) is 11.3 Å². The molecular weight excluding hydrogens is 230 g/mol. The summed E-state index contributed by atoms with van der Waals surface area (Å²) >= 11 is 1.76. The van der Waals surface area contributed by atoms with Crippen LogP contribution in [0.5, 0.6) is 0 Å². The van der Waals surface area contributed by atoms with Crippen LogP contribution in [-0.2, 0) is 13.5 Å². The Hall–Kier alpha value is -1.42. The third kappa shape index (κ3) is 3.53. The third-order valence-corrected chi connectivity index (χ3v) is 3.33. The zero-order valence-corrected chi connectivity index (χ0v) is 11.0. The molecule has 0 fully saturated rings. The van der Waals surface area contributed by atoms with Gasteiger partial charge >= 0.3 is 0 Å². The highest BCUT2D eigenvalue weighted by atomic mass is 32.2. The van der Waals surface area contributed by atoms with Crippen molar-refractivity contribution in [3.05, 3.63) is 42.2 Å². The molecule has 2 rings (SSSR count). The predicted octanol–water partition coefficient (Wildman–Crippen LogP) is 2.80. The van der Waals surface area contributed by atoms with Gasteiger partial charge in [0, 0.05) is 30.4 Å². The van der Waals surface area contributed by atoms with Crippen LogP contribution in [0.25, 0.3) is 0 Å². The number of thioether (sulfide) groups is 1. The SMILES string of the molecule is CSc1ccc(NCCc2cnn(C)c2)cc1. The van der Waals surface area contributed by atoms with Crippen LogP contribution in [0.3, 0.4) is 0 Å². The van der Waals surface area contributed by atoms with Gasteiger partial charge in [-0.1, -0.05) is 0 Å². The van der Waals surface area contributed by atoms with Crippen LogP contribution in [0.2, 0.25) is 0 Å². The molecule has 0 saturated carbocycles. The average Bonchev–Trinajstić information content (AvgIpc) is 2.76. The lowest BCUT2D eigenvalue weighted by atomic mass is 10.2. The minimum atomic E-state index is 0.935. The number of nitrogens with zero attached hydrogens (tertiary/aromatic N) is 2. The number of aryl methyl sites for hydroxylation is 1. The first-order valence-electron chi connectivity index (χ1n) is 5.63. The molecule has 17 heavy (non-hydrogen) atoms. The van der Waals surface area contributed by atoms with E-state index in [4.69, 9.17) is 0 Å². The Balaban J connectivity index is 1.81. The minimum absolute atomic E-state index is 0.935. The molecule has 0 saturated heterocycles. The summed E-state index contributed by atoms with van der Waals surface area (Å²) in [7, 11) is 1.94. The zero-order valence-electron chi connectivity index (χ0n) is 10.2. The van der Waals surface area contributed by atoms with Gasteiger partial charge in [-0.2, -0.15) is 5.10 Å². The van der Waals surface area contributed by atoms with Gasteiger partial charge in [-0.05, 0) is 42.5 Å². The van der Waals surface area contributed by atoms with E-state index in [2.05, 4.69) is 47.1 Å². The summed E-state index contributed by atoms with van der Waals surface area (Å²) in [6, 6.07) is 8.51. The number of benzene rings is 1. The van der Waals surface area contributed by atoms with Crippen molar-refractivity contribution in [3.8, 4) is 0 Å². The topological polar surface area (TPSA) is 29.9 Å². The molecule has 2 aromatic rings. The van der Waals surface area contributed by atoms with Gasteiger partial charge in [-0.25, -0.2) is 0 Å². The quantitative estimate of drug-likeness (QED) is 0.824. The fourth-order valence-corrected chi connectivity index (χ4v) is 2.07. The van der Waals surface area contributed by atoms with E-state index in [0.29, 0.717) is 0 Å². The van der Waals surface area contributed by atoms with E-state index in [9.17, 15) is 0 Å². The minimum Gasteiger partial charge on any atom is -0.385 e. The van der Waals surface area contributed by atoms with Crippen molar-refractivity contribution < 1.29 is 0 Å². The summed E-state index contributed by atoms with van der Waals surface area (Å²) in [5.41, 5.74) is 2.44. The Morgan fingerprint density at radius 3 is 2.65 bits per heavy atom. The molecule has 1 heterocycles. The van der Waals surface area contributed by atoms with Crippen LogP contribution in [0.4, 0.5) is 5.69 Å². The van der Waals surface area contributed by atoms with E-state index in [-0.39, 0.29) is 0 Å². The highest BCUT2D eigenvalue weighted by Crippen LogP contribution is 2.17. The molecule has 0 aliphatic carbocycles. The molecular formula is C13H17N3S. The Labute approximate surface area is 106 Å². The smallest absolute Gasteiger partial charge is 0.0522 e. The highest BCUT2D eigenvalue weighted by Gasteiger charge is 1.96. The molecule has 0 amide bonds. The van der Waals surface area contributed by atoms with E-state index in [1.807, 2.05) is 17.9 Å². The van der Waals surface area contributed by atoms with Crippen LogP contribution in [0, 0.1) is 0 Å². The monoisotopic (exact) mass is 247 g/mol. The van der Waals surface area contributed by atoms with Gasteiger partial charge in [0.1, 0.15) is 0 Å². The normalized spacial score (nSPS) is 10.5. The second-order valence-electron chi connectivity index (χ2n) is 3.93. The van der Waals surface area contributed by atoms with Gasteiger partial charge in [-0.15, -0.1) is 11.8 Å². The summed E-state index contributed by atoms with van der Waals surface area (Å²) in [5, 5.41) is 7.56. The van der Waals surface area contributed by atoms with E-state index < -0.39 is 0 Å². The molecule has 0 spiro atoms. The van der Waals surface area contributed by atoms with Gasteiger partial charge < -0.3 is 5.32 Å². The van der Waals surface area contributed by atoms with E-state index >= 15 is 0 Å². The van der Waals surface area contributed by atoms with Crippen LogP contribution in [0.1, 0.15) is 5.56 Å². The summed E-state index contributed by atoms with van der Waals surface area (Å²) in [5.74, 6) is 0. The van der Waals surface area contributed by atoms with Gasteiger partial charge in [0.2, 0.25) is 0 Å². The second kappa shape index (κ2) is 5.77. The zero-order chi connectivity index (χ0) is 12.1. The molecule has 0 atom stereocenters. The van der Waals surface area contributed by atoms with E-state index in [1.165, 1.54) is 16.1 Å². The van der Waals surface area contributed by atoms with Crippen LogP contribution in [-0.4, -0.2) is 22.6 Å². The largest absolute Gasteiger partial charge is 0.385 e. The molecule has 0 radical (unpaired) electrons. The predicted molar refractivity (Wildman–Crippen MR) is 73.6 cm³/mol. The van der Waals surface area contributed by atoms with Crippen molar-refractivity contribution in [2.24, 2.45) is 7.05 Å². The molecule has 0 bridgehead atoms. The summed E-state index contributed by atoms with van der Waals surface area (Å²) in [6.07, 6.45) is 7.06. The lowest BCUT2D eigenvalue weighted by Gasteiger charge is -2.05. The van der Waals surface area contributed by atoms with Gasteiger partial charge in [0.25, 0.3) is 0 Å². The van der Waals surface area contributed by atoms with Crippen molar-refractivity contribution in [3.63, 3.8) is 0 Å². The summed E-state index contributed by atoms with van der Waals surface area (Å²) < 4.78 is 1.84. The summed E-state index contributed by atoms with van der Waals surface area (Å²) in [4.78, 5) is 1.29. The fourth-order valence-electron chi connectivity index (χ4n) is 1.66. The van der Waals surface area contributed by atoms with Crippen LogP contribution < -0.4 is 5.32 Å². The molecule has 1 N–H and O–H groups in total. The van der Waals surface area contributed by atoms with Crippen molar-refractivity contribution in [2.75, 3.05) is 18.1 Å². The van der Waals surface area contributed by atoms with Gasteiger partial charge in [-0.3, -0.25) is 4.68 Å². The molecule has 4 heteroatoms. The Bertz CT molecular complexity index is 462. The molecule has 1 aromatic heterocycles. The molecule has 1 aromatic carbocycles. The maximum Gasteiger partial charge on any atom is 0.0522 e. The van der Waals surface area contributed by atoms with E-state index in [1.54, 1.807) is 11.8 Å². The molecule has 0 unspecified atom stereocenters. The van der Waals surface area contributed by atoms with Crippen molar-refractivity contribution in [1.29, 1.82) is 0 Å². The molecule has 0 aliphatic heterocycles. The lowest BCUT2D eigenvalue weighted by molar-refractivity contribution is 0.767. The number of hydrogen-bond acceptors (Lipinski definition) is 3. The second-order valence-corrected chi connectivity index (χ2v) is 4.81. The first-order valence-corrected chi connectivity index (χ1v) is 6.86. The molecule has 0 aliphatic rings. The number of rotatable bonds is 5. The van der Waals surface area contributed by atoms with Crippen molar-refractivity contribution in [1.82, 2.24) is 9.78 Å². The maximum atomic E-state index is 4.15. The standard InChI is InChI=1S/C13H17N3S/c1-16-10-11(9-15-16)7-8-14-12-3-5-13(17-2)6-4-12/h3-6,9-10,14H,7-8H2,1-2H3. The average molecular weight is 247 g/mol. The Kier molecular flexibility index (Phi) is 4.09. The first kappa shape index (κ1) is 12.0. The van der Waals surface area contributed by atoms with E-state index in [0.717, 1.165) is 13.0 Å². The number of aromatic nitrogens is 2. The third-order valence-electron chi connectivity index (χ3n) is 2.59. The van der Waals surface area contributed by atoms with Gasteiger partial charge in [0.05, 0.1) is 6.20 Å². The maximum absolute atomic E-state index is 4.15. The summed E-state index contributed by atoms with van der Waals surface area (Å²) in [6.45, 7) is 0.935. The molecule has 90 valence electrons.